The Morgan fingerprint density at radius 1 is 1.57 bits per heavy atom. The van der Waals surface area contributed by atoms with E-state index in [9.17, 15) is 0 Å². The van der Waals surface area contributed by atoms with Gasteiger partial charge < -0.3 is 10.5 Å². The van der Waals surface area contributed by atoms with Crippen molar-refractivity contribution in [1.29, 1.82) is 0 Å². The minimum atomic E-state index is 0.209. The summed E-state index contributed by atoms with van der Waals surface area (Å²) >= 11 is 0. The highest BCUT2D eigenvalue weighted by Crippen LogP contribution is 2.39. The average Bonchev–Trinajstić information content (AvgIpc) is 2.97. The van der Waals surface area contributed by atoms with Gasteiger partial charge in [0, 0.05) is 12.0 Å². The van der Waals surface area contributed by atoms with Gasteiger partial charge in [-0.3, -0.25) is 0 Å². The molecule has 0 saturated heterocycles. The third-order valence-electron chi connectivity index (χ3n) is 2.04. The van der Waals surface area contributed by atoms with E-state index in [1.54, 1.807) is 0 Å². The van der Waals surface area contributed by atoms with Gasteiger partial charge in [-0.05, 0) is 12.8 Å². The molecule has 1 aromatic rings. The molecule has 1 saturated carbocycles. The summed E-state index contributed by atoms with van der Waals surface area (Å²) in [5.41, 5.74) is 6.51. The summed E-state index contributed by atoms with van der Waals surface area (Å²) in [7, 11) is 0. The van der Waals surface area contributed by atoms with Crippen LogP contribution in [0.3, 0.4) is 0 Å². The monoisotopic (exact) mass is 189 g/mol. The molecule has 1 fully saturated rings. The number of nitrogen functional groups attached to an aromatic ring is 1. The minimum Gasteiger partial charge on any atom is -0.464 e. The van der Waals surface area contributed by atoms with Crippen LogP contribution >= 0.6 is 0 Å². The zero-order valence-corrected chi connectivity index (χ0v) is 7.73. The van der Waals surface area contributed by atoms with E-state index in [2.05, 4.69) is 15.9 Å². The fourth-order valence-electron chi connectivity index (χ4n) is 1.24. The Morgan fingerprint density at radius 2 is 2.36 bits per heavy atom. The van der Waals surface area contributed by atoms with Gasteiger partial charge in [-0.25, -0.2) is 4.98 Å². The second-order valence-corrected chi connectivity index (χ2v) is 3.26. The number of rotatable bonds is 3. The first-order valence-electron chi connectivity index (χ1n) is 4.50. The van der Waals surface area contributed by atoms with Crippen molar-refractivity contribution in [3.8, 4) is 18.2 Å². The van der Waals surface area contributed by atoms with Crippen LogP contribution in [0.15, 0.2) is 6.07 Å². The summed E-state index contributed by atoms with van der Waals surface area (Å²) < 4.78 is 5.19. The lowest BCUT2D eigenvalue weighted by Gasteiger charge is -2.04. The fourth-order valence-corrected chi connectivity index (χ4v) is 1.24. The molecule has 72 valence electrons. The van der Waals surface area contributed by atoms with Crippen LogP contribution in [0.5, 0.6) is 5.88 Å². The molecular formula is C10H11N3O. The number of hydrogen-bond donors (Lipinski definition) is 1. The summed E-state index contributed by atoms with van der Waals surface area (Å²) in [5.74, 6) is 3.63. The molecule has 4 heteroatoms. The highest BCUT2D eigenvalue weighted by molar-refractivity contribution is 5.29. The average molecular weight is 189 g/mol. The van der Waals surface area contributed by atoms with Gasteiger partial charge >= 0.3 is 0 Å². The molecule has 0 spiro atoms. The number of terminal acetylenes is 1. The first-order chi connectivity index (χ1) is 6.79. The summed E-state index contributed by atoms with van der Waals surface area (Å²) in [4.78, 5) is 8.07. The van der Waals surface area contributed by atoms with Crippen LogP contribution in [0.25, 0.3) is 0 Å². The molecule has 0 amide bonds. The molecular weight excluding hydrogens is 178 g/mol. The summed E-state index contributed by atoms with van der Waals surface area (Å²) in [6.45, 7) is 0.209. The van der Waals surface area contributed by atoms with Crippen LogP contribution in [0.4, 0.5) is 5.95 Å². The Hall–Kier alpha value is -1.76. The number of nitrogens with two attached hydrogens (primary N) is 1. The highest BCUT2D eigenvalue weighted by Gasteiger charge is 2.26. The molecule has 0 aliphatic heterocycles. The quantitative estimate of drug-likeness (QED) is 0.719. The van der Waals surface area contributed by atoms with Gasteiger partial charge in [0.2, 0.25) is 11.8 Å². The predicted molar refractivity (Wildman–Crippen MR) is 52.7 cm³/mol. The predicted octanol–water partition coefficient (Wildman–Crippen LogP) is 0.948. The molecule has 14 heavy (non-hydrogen) atoms. The first kappa shape index (κ1) is 8.82. The van der Waals surface area contributed by atoms with Gasteiger partial charge in [-0.2, -0.15) is 4.98 Å². The molecule has 2 N–H and O–H groups in total. The van der Waals surface area contributed by atoms with Crippen molar-refractivity contribution in [2.24, 2.45) is 0 Å². The van der Waals surface area contributed by atoms with Crippen LogP contribution in [0.1, 0.15) is 24.5 Å². The number of nitrogens with zero attached hydrogens (tertiary/aromatic N) is 2. The van der Waals surface area contributed by atoms with Crippen molar-refractivity contribution in [3.05, 3.63) is 11.8 Å². The lowest BCUT2D eigenvalue weighted by molar-refractivity contribution is 0.355. The van der Waals surface area contributed by atoms with Crippen LogP contribution in [-0.2, 0) is 0 Å². The Morgan fingerprint density at radius 3 is 3.00 bits per heavy atom. The van der Waals surface area contributed by atoms with Gasteiger partial charge in [0.05, 0.1) is 5.69 Å². The summed E-state index contributed by atoms with van der Waals surface area (Å²) in [5, 5.41) is 0. The summed E-state index contributed by atoms with van der Waals surface area (Å²) in [6, 6.07) is 1.81. The normalized spacial score (nSPS) is 14.8. The van der Waals surface area contributed by atoms with E-state index in [0.717, 1.165) is 5.69 Å². The fraction of sp³-hybridized carbons (Fsp3) is 0.400. The van der Waals surface area contributed by atoms with Crippen molar-refractivity contribution in [1.82, 2.24) is 9.97 Å². The maximum atomic E-state index is 5.54. The smallest absolute Gasteiger partial charge is 0.223 e. The molecule has 1 aromatic heterocycles. The standard InChI is InChI=1S/C10H11N3O/c1-2-5-14-9-6-8(7-3-4-7)12-10(11)13-9/h1,6-7H,3-5H2,(H2,11,12,13). The van der Waals surface area contributed by atoms with Gasteiger partial charge in [-0.15, -0.1) is 6.42 Å². The van der Waals surface area contributed by atoms with Gasteiger partial charge in [0.15, 0.2) is 6.61 Å². The van der Waals surface area contributed by atoms with E-state index in [0.29, 0.717) is 11.8 Å². The zero-order chi connectivity index (χ0) is 9.97. The molecule has 0 unspecified atom stereocenters. The highest BCUT2D eigenvalue weighted by atomic mass is 16.5. The van der Waals surface area contributed by atoms with E-state index in [4.69, 9.17) is 16.9 Å². The largest absolute Gasteiger partial charge is 0.464 e. The lowest BCUT2D eigenvalue weighted by Crippen LogP contribution is -2.03. The topological polar surface area (TPSA) is 61.0 Å². The molecule has 4 nitrogen and oxygen atoms in total. The lowest BCUT2D eigenvalue weighted by atomic mass is 10.3. The number of anilines is 1. The third kappa shape index (κ3) is 1.94. The Kier molecular flexibility index (Phi) is 2.23. The van der Waals surface area contributed by atoms with Crippen LogP contribution in [0.2, 0.25) is 0 Å². The SMILES string of the molecule is C#CCOc1cc(C2CC2)nc(N)n1. The van der Waals surface area contributed by atoms with Gasteiger partial charge in [0.1, 0.15) is 0 Å². The van der Waals surface area contributed by atoms with Crippen LogP contribution < -0.4 is 10.5 Å². The van der Waals surface area contributed by atoms with Crippen molar-refractivity contribution < 1.29 is 4.74 Å². The van der Waals surface area contributed by atoms with Gasteiger partial charge in [-0.1, -0.05) is 5.92 Å². The molecule has 0 bridgehead atoms. The van der Waals surface area contributed by atoms with Crippen molar-refractivity contribution >= 4 is 5.95 Å². The van der Waals surface area contributed by atoms with E-state index >= 15 is 0 Å². The molecule has 0 radical (unpaired) electrons. The van der Waals surface area contributed by atoms with Gasteiger partial charge in [0.25, 0.3) is 0 Å². The number of hydrogen-bond acceptors (Lipinski definition) is 4. The maximum Gasteiger partial charge on any atom is 0.223 e. The van der Waals surface area contributed by atoms with Crippen LogP contribution in [0, 0.1) is 12.3 Å². The molecule has 1 aliphatic rings. The van der Waals surface area contributed by atoms with E-state index < -0.39 is 0 Å². The molecule has 2 rings (SSSR count). The zero-order valence-electron chi connectivity index (χ0n) is 7.73. The van der Waals surface area contributed by atoms with E-state index in [-0.39, 0.29) is 12.6 Å². The molecule has 1 heterocycles. The number of ether oxygens (including phenoxy) is 1. The van der Waals surface area contributed by atoms with E-state index in [1.165, 1.54) is 12.8 Å². The van der Waals surface area contributed by atoms with Crippen molar-refractivity contribution in [2.45, 2.75) is 18.8 Å². The minimum absolute atomic E-state index is 0.209. The first-order valence-corrected chi connectivity index (χ1v) is 4.50. The maximum absolute atomic E-state index is 5.54. The molecule has 0 aromatic carbocycles. The van der Waals surface area contributed by atoms with Crippen LogP contribution in [-0.4, -0.2) is 16.6 Å². The van der Waals surface area contributed by atoms with Crippen molar-refractivity contribution in [2.75, 3.05) is 12.3 Å². The Balaban J connectivity index is 2.18. The van der Waals surface area contributed by atoms with E-state index in [1.807, 2.05) is 6.07 Å². The Labute approximate surface area is 82.5 Å². The summed E-state index contributed by atoms with van der Waals surface area (Å²) in [6.07, 6.45) is 7.42. The number of aromatic nitrogens is 2. The van der Waals surface area contributed by atoms with Crippen molar-refractivity contribution in [3.63, 3.8) is 0 Å². The Bertz CT molecular complexity index is 379. The molecule has 1 aliphatic carbocycles. The second-order valence-electron chi connectivity index (χ2n) is 3.26. The second kappa shape index (κ2) is 3.54. The third-order valence-corrected chi connectivity index (χ3v) is 2.04. The molecule has 0 atom stereocenters.